The first-order chi connectivity index (χ1) is 16.8. The van der Waals surface area contributed by atoms with Gasteiger partial charge in [-0.3, -0.25) is 19.0 Å². The number of carbonyl (C=O) groups is 2. The Balaban J connectivity index is 1.65. The van der Waals surface area contributed by atoms with Crippen LogP contribution in [0.4, 0.5) is 0 Å². The summed E-state index contributed by atoms with van der Waals surface area (Å²) in [5, 5.41) is 3.33. The van der Waals surface area contributed by atoms with Crippen molar-refractivity contribution in [3.8, 4) is 11.5 Å². The lowest BCUT2D eigenvalue weighted by molar-refractivity contribution is -0.148. The van der Waals surface area contributed by atoms with Gasteiger partial charge in [-0.05, 0) is 31.9 Å². The zero-order chi connectivity index (χ0) is 25.4. The molecule has 0 aliphatic heterocycles. The summed E-state index contributed by atoms with van der Waals surface area (Å²) in [6.07, 6.45) is 1.86. The van der Waals surface area contributed by atoms with E-state index in [0.29, 0.717) is 35.4 Å². The van der Waals surface area contributed by atoms with Crippen LogP contribution in [0, 0.1) is 0 Å². The Labute approximate surface area is 204 Å². The third-order valence-electron chi connectivity index (χ3n) is 5.41. The number of carbonyl (C=O) groups excluding carboxylic acids is 2. The second-order valence-corrected chi connectivity index (χ2v) is 8.34. The summed E-state index contributed by atoms with van der Waals surface area (Å²) in [5.74, 6) is 0.338. The molecule has 1 amide bonds. The van der Waals surface area contributed by atoms with E-state index in [1.165, 1.54) is 25.1 Å². The number of amides is 1. The number of hydrogen-bond acceptors (Lipinski definition) is 7. The number of hydrogen-bond donors (Lipinski definition) is 1. The Morgan fingerprint density at radius 1 is 1.06 bits per heavy atom. The quantitative estimate of drug-likeness (QED) is 0.418. The van der Waals surface area contributed by atoms with E-state index in [1.54, 1.807) is 26.0 Å². The Kier molecular flexibility index (Phi) is 8.83. The first-order valence-corrected chi connectivity index (χ1v) is 11.5. The fourth-order valence-corrected chi connectivity index (χ4v) is 3.74. The minimum absolute atomic E-state index is 0.0350. The van der Waals surface area contributed by atoms with E-state index < -0.39 is 6.04 Å². The average Bonchev–Trinajstić information content (AvgIpc) is 2.84. The van der Waals surface area contributed by atoms with Crippen molar-refractivity contribution in [1.29, 1.82) is 0 Å². The summed E-state index contributed by atoms with van der Waals surface area (Å²) in [6.45, 7) is 3.88. The monoisotopic (exact) mass is 481 g/mol. The molecular weight excluding hydrogens is 450 g/mol. The van der Waals surface area contributed by atoms with Crippen molar-refractivity contribution >= 4 is 22.8 Å². The van der Waals surface area contributed by atoms with E-state index in [-0.39, 0.29) is 36.4 Å². The maximum atomic E-state index is 12.9. The Bertz CT molecular complexity index is 1220. The fraction of sp³-hybridized carbons (Fsp3) is 0.385. The topological polar surface area (TPSA) is 109 Å². The number of ether oxygens (including phenoxy) is 3. The van der Waals surface area contributed by atoms with E-state index in [2.05, 4.69) is 10.3 Å². The van der Waals surface area contributed by atoms with Gasteiger partial charge >= 0.3 is 5.97 Å². The molecule has 1 unspecified atom stereocenters. The molecule has 9 heteroatoms. The minimum Gasteiger partial charge on any atom is -0.493 e. The molecule has 186 valence electrons. The number of nitrogens with zero attached hydrogens (tertiary/aromatic N) is 2. The van der Waals surface area contributed by atoms with Gasteiger partial charge in [0.05, 0.1) is 50.0 Å². The fourth-order valence-electron chi connectivity index (χ4n) is 3.74. The molecule has 35 heavy (non-hydrogen) atoms. The van der Waals surface area contributed by atoms with Crippen molar-refractivity contribution in [3.63, 3.8) is 0 Å². The molecular formula is C26H31N3O6. The Morgan fingerprint density at radius 2 is 1.74 bits per heavy atom. The van der Waals surface area contributed by atoms with E-state index in [1.807, 2.05) is 30.3 Å². The number of nitrogens with one attached hydrogen (secondary N) is 1. The first-order valence-electron chi connectivity index (χ1n) is 11.5. The Hall–Kier alpha value is -3.88. The zero-order valence-electron chi connectivity index (χ0n) is 20.4. The number of benzene rings is 2. The van der Waals surface area contributed by atoms with Crippen LogP contribution in [0.15, 0.2) is 53.6 Å². The van der Waals surface area contributed by atoms with Crippen LogP contribution in [0.5, 0.6) is 11.5 Å². The molecule has 1 N–H and O–H groups in total. The molecule has 0 fully saturated rings. The molecule has 3 aromatic rings. The summed E-state index contributed by atoms with van der Waals surface area (Å²) < 4.78 is 17.3. The lowest BCUT2D eigenvalue weighted by Crippen LogP contribution is -2.31. The van der Waals surface area contributed by atoms with Gasteiger partial charge in [0.25, 0.3) is 5.56 Å². The number of aromatic nitrogens is 2. The third kappa shape index (κ3) is 6.81. The molecule has 0 saturated carbocycles. The molecule has 0 spiro atoms. The number of esters is 1. The number of rotatable bonds is 11. The summed E-state index contributed by atoms with van der Waals surface area (Å²) in [6, 6.07) is 12.1. The van der Waals surface area contributed by atoms with Crippen LogP contribution >= 0.6 is 0 Å². The average molecular weight is 482 g/mol. The first kappa shape index (κ1) is 25.7. The van der Waals surface area contributed by atoms with Gasteiger partial charge in [0.2, 0.25) is 5.91 Å². The summed E-state index contributed by atoms with van der Waals surface area (Å²) >= 11 is 0. The van der Waals surface area contributed by atoms with Crippen LogP contribution in [-0.4, -0.2) is 41.8 Å². The van der Waals surface area contributed by atoms with Crippen LogP contribution in [-0.2, 0) is 20.9 Å². The third-order valence-corrected chi connectivity index (χ3v) is 5.41. The van der Waals surface area contributed by atoms with E-state index >= 15 is 0 Å². The van der Waals surface area contributed by atoms with Crippen molar-refractivity contribution in [2.45, 2.75) is 51.8 Å². The lowest BCUT2D eigenvalue weighted by atomic mass is 10.0. The number of aryl methyl sites for hydroxylation is 1. The van der Waals surface area contributed by atoms with Gasteiger partial charge in [-0.1, -0.05) is 30.3 Å². The largest absolute Gasteiger partial charge is 0.493 e. The van der Waals surface area contributed by atoms with Crippen molar-refractivity contribution in [2.24, 2.45) is 0 Å². The van der Waals surface area contributed by atoms with Crippen LogP contribution < -0.4 is 20.3 Å². The van der Waals surface area contributed by atoms with Gasteiger partial charge in [0.15, 0.2) is 11.5 Å². The highest BCUT2D eigenvalue weighted by atomic mass is 16.5. The molecule has 9 nitrogen and oxygen atoms in total. The maximum Gasteiger partial charge on any atom is 0.308 e. The van der Waals surface area contributed by atoms with Crippen LogP contribution in [0.3, 0.4) is 0 Å². The van der Waals surface area contributed by atoms with Crippen LogP contribution in [0.1, 0.15) is 44.7 Å². The van der Waals surface area contributed by atoms with Gasteiger partial charge in [-0.2, -0.15) is 0 Å². The molecule has 1 heterocycles. The highest BCUT2D eigenvalue weighted by Gasteiger charge is 2.20. The SMILES string of the molecule is COc1cc2ncn(CCCC(=O)NC(CC(=O)OC(C)C)c3ccccc3)c(=O)c2cc1OC. The van der Waals surface area contributed by atoms with Gasteiger partial charge in [0, 0.05) is 19.0 Å². The highest BCUT2D eigenvalue weighted by molar-refractivity contribution is 5.81. The molecule has 0 radical (unpaired) electrons. The lowest BCUT2D eigenvalue weighted by Gasteiger charge is -2.19. The standard InChI is InChI=1S/C26H31N3O6/c1-17(2)35-25(31)15-20(18-9-6-5-7-10-18)28-24(30)11-8-12-29-16-27-21-14-23(34-4)22(33-3)13-19(21)26(29)32/h5-7,9-10,13-14,16-17,20H,8,11-12,15H2,1-4H3,(H,28,30). The van der Waals surface area contributed by atoms with Crippen LogP contribution in [0.25, 0.3) is 10.9 Å². The van der Waals surface area contributed by atoms with Crippen molar-refractivity contribution in [2.75, 3.05) is 14.2 Å². The highest BCUT2D eigenvalue weighted by Crippen LogP contribution is 2.29. The van der Waals surface area contributed by atoms with Crippen molar-refractivity contribution in [1.82, 2.24) is 14.9 Å². The molecule has 2 aromatic carbocycles. The molecule has 3 rings (SSSR count). The van der Waals surface area contributed by atoms with Crippen molar-refractivity contribution in [3.05, 3.63) is 64.7 Å². The van der Waals surface area contributed by atoms with Gasteiger partial charge in [-0.25, -0.2) is 4.98 Å². The molecule has 0 bridgehead atoms. The predicted octanol–water partition coefficient (Wildman–Crippen LogP) is 3.39. The van der Waals surface area contributed by atoms with Crippen LogP contribution in [0.2, 0.25) is 0 Å². The molecule has 0 saturated heterocycles. The summed E-state index contributed by atoms with van der Waals surface area (Å²) in [5.41, 5.74) is 1.09. The maximum absolute atomic E-state index is 12.9. The van der Waals surface area contributed by atoms with Crippen molar-refractivity contribution < 1.29 is 23.8 Å². The second-order valence-electron chi connectivity index (χ2n) is 8.34. The van der Waals surface area contributed by atoms with E-state index in [4.69, 9.17) is 14.2 Å². The summed E-state index contributed by atoms with van der Waals surface area (Å²) in [7, 11) is 3.02. The Morgan fingerprint density at radius 3 is 2.40 bits per heavy atom. The predicted molar refractivity (Wildman–Crippen MR) is 132 cm³/mol. The van der Waals surface area contributed by atoms with Gasteiger partial charge in [0.1, 0.15) is 0 Å². The van der Waals surface area contributed by atoms with E-state index in [0.717, 1.165) is 5.56 Å². The second kappa shape index (κ2) is 12.0. The number of fused-ring (bicyclic) bond motifs is 1. The van der Waals surface area contributed by atoms with E-state index in [9.17, 15) is 14.4 Å². The normalized spacial score (nSPS) is 11.8. The zero-order valence-corrected chi connectivity index (χ0v) is 20.4. The van der Waals surface area contributed by atoms with Gasteiger partial charge < -0.3 is 19.5 Å². The molecule has 0 aliphatic carbocycles. The van der Waals surface area contributed by atoms with Gasteiger partial charge in [-0.15, -0.1) is 0 Å². The smallest absolute Gasteiger partial charge is 0.308 e. The summed E-state index contributed by atoms with van der Waals surface area (Å²) in [4.78, 5) is 42.2. The molecule has 1 atom stereocenters. The minimum atomic E-state index is -0.498. The number of methoxy groups -OCH3 is 2. The molecule has 1 aromatic heterocycles. The molecule has 0 aliphatic rings.